The van der Waals surface area contributed by atoms with Crippen LogP contribution in [-0.2, 0) is 6.61 Å². The number of fused-ring (bicyclic) bond motifs is 1. The summed E-state index contributed by atoms with van der Waals surface area (Å²) in [5, 5.41) is 0.730. The molecule has 0 atom stereocenters. The van der Waals surface area contributed by atoms with Crippen molar-refractivity contribution in [1.82, 2.24) is 4.90 Å². The van der Waals surface area contributed by atoms with Crippen molar-refractivity contribution in [2.45, 2.75) is 6.61 Å². The number of hydrogen-bond donors (Lipinski definition) is 0. The third-order valence-electron chi connectivity index (χ3n) is 6.30. The second-order valence-electron chi connectivity index (χ2n) is 8.34. The number of methoxy groups -OCH3 is 2. The van der Waals surface area contributed by atoms with Crippen LogP contribution in [0.15, 0.2) is 77.2 Å². The molecule has 7 heteroatoms. The lowest BCUT2D eigenvalue weighted by molar-refractivity contribution is 0.0743. The molecule has 5 rings (SSSR count). The zero-order chi connectivity index (χ0) is 24.2. The highest BCUT2D eigenvalue weighted by Gasteiger charge is 2.28. The molecule has 1 aromatic heterocycles. The van der Waals surface area contributed by atoms with Gasteiger partial charge < -0.3 is 28.4 Å². The third-order valence-corrected chi connectivity index (χ3v) is 6.30. The van der Waals surface area contributed by atoms with Crippen molar-refractivity contribution in [3.63, 3.8) is 0 Å². The van der Waals surface area contributed by atoms with Crippen LogP contribution in [0.4, 0.5) is 5.69 Å². The fourth-order valence-electron chi connectivity index (χ4n) is 4.38. The summed E-state index contributed by atoms with van der Waals surface area (Å²) in [6.07, 6.45) is 0. The average Bonchev–Trinajstić information content (AvgIpc) is 3.29. The molecule has 1 aliphatic rings. The van der Waals surface area contributed by atoms with Gasteiger partial charge in [0.1, 0.15) is 29.4 Å². The van der Waals surface area contributed by atoms with Crippen LogP contribution in [0.5, 0.6) is 17.2 Å². The zero-order valence-electron chi connectivity index (χ0n) is 19.9. The fourth-order valence-corrected chi connectivity index (χ4v) is 4.38. The second-order valence-corrected chi connectivity index (χ2v) is 8.34. The summed E-state index contributed by atoms with van der Waals surface area (Å²) >= 11 is 0. The van der Waals surface area contributed by atoms with Gasteiger partial charge in [0.15, 0.2) is 5.76 Å². The molecule has 1 amide bonds. The molecule has 0 radical (unpaired) electrons. The van der Waals surface area contributed by atoms with Crippen LogP contribution >= 0.6 is 0 Å². The van der Waals surface area contributed by atoms with E-state index in [-0.39, 0.29) is 12.5 Å². The van der Waals surface area contributed by atoms with E-state index in [1.54, 1.807) is 14.2 Å². The van der Waals surface area contributed by atoms with Crippen LogP contribution < -0.4 is 19.1 Å². The van der Waals surface area contributed by atoms with Crippen LogP contribution in [0.1, 0.15) is 16.1 Å². The Kier molecular flexibility index (Phi) is 6.48. The number of carbonyl (C=O) groups is 1. The molecule has 0 N–H and O–H groups in total. The highest BCUT2D eigenvalue weighted by atomic mass is 16.5. The summed E-state index contributed by atoms with van der Waals surface area (Å²) in [5.74, 6) is 2.53. The predicted molar refractivity (Wildman–Crippen MR) is 135 cm³/mol. The number of benzene rings is 3. The molecule has 3 aromatic carbocycles. The highest BCUT2D eigenvalue weighted by molar-refractivity contribution is 6.07. The Labute approximate surface area is 204 Å². The minimum absolute atomic E-state index is 0.0574. The molecule has 7 nitrogen and oxygen atoms in total. The van der Waals surface area contributed by atoms with Gasteiger partial charge in [0.25, 0.3) is 5.91 Å². The van der Waals surface area contributed by atoms with E-state index in [1.165, 1.54) is 5.69 Å². The molecule has 0 aliphatic carbocycles. The number of ether oxygens (including phenoxy) is 3. The smallest absolute Gasteiger partial charge is 0.258 e. The number of piperazine rings is 1. The Hall–Kier alpha value is -4.13. The third kappa shape index (κ3) is 4.75. The molecule has 0 saturated carbocycles. The van der Waals surface area contributed by atoms with Gasteiger partial charge in [0.2, 0.25) is 0 Å². The monoisotopic (exact) mass is 472 g/mol. The molecule has 1 aliphatic heterocycles. The largest absolute Gasteiger partial charge is 0.497 e. The summed E-state index contributed by atoms with van der Waals surface area (Å²) in [5.41, 5.74) is 2.33. The molecule has 35 heavy (non-hydrogen) atoms. The van der Waals surface area contributed by atoms with Crippen molar-refractivity contribution in [3.05, 3.63) is 84.1 Å². The normalized spacial score (nSPS) is 13.7. The summed E-state index contributed by atoms with van der Waals surface area (Å²) < 4.78 is 22.7. The first-order chi connectivity index (χ1) is 17.2. The Morgan fingerprint density at radius 1 is 0.829 bits per heavy atom. The number of nitrogens with zero attached hydrogens (tertiary/aromatic N) is 2. The lowest BCUT2D eigenvalue weighted by Gasteiger charge is -2.36. The molecule has 2 heterocycles. The maximum atomic E-state index is 13.8. The van der Waals surface area contributed by atoms with Gasteiger partial charge in [-0.2, -0.15) is 0 Å². The van der Waals surface area contributed by atoms with Crippen molar-refractivity contribution in [2.75, 3.05) is 45.3 Å². The number of furan rings is 1. The van der Waals surface area contributed by atoms with Crippen molar-refractivity contribution in [3.8, 4) is 17.2 Å². The molecular weight excluding hydrogens is 444 g/mol. The minimum atomic E-state index is -0.0574. The standard InChI is InChI=1S/C28H28N2O5/c1-32-21-8-10-22(11-9-21)34-19-26-27(24-18-23(33-2)12-13-25(24)35-26)28(31)30-16-14-29(15-17-30)20-6-4-3-5-7-20/h3-13,18H,14-17,19H2,1-2H3. The van der Waals surface area contributed by atoms with Gasteiger partial charge in [0, 0.05) is 37.3 Å². The van der Waals surface area contributed by atoms with Gasteiger partial charge in [-0.15, -0.1) is 0 Å². The first kappa shape index (κ1) is 22.7. The van der Waals surface area contributed by atoms with Gasteiger partial charge in [-0.05, 0) is 54.6 Å². The molecule has 1 fully saturated rings. The molecule has 0 spiro atoms. The van der Waals surface area contributed by atoms with Gasteiger partial charge in [-0.3, -0.25) is 4.79 Å². The molecule has 1 saturated heterocycles. The second kappa shape index (κ2) is 10.0. The number of hydrogen-bond acceptors (Lipinski definition) is 6. The van der Waals surface area contributed by atoms with E-state index in [1.807, 2.05) is 65.6 Å². The van der Waals surface area contributed by atoms with E-state index < -0.39 is 0 Å². The van der Waals surface area contributed by atoms with E-state index >= 15 is 0 Å². The lowest BCUT2D eigenvalue weighted by Crippen LogP contribution is -2.49. The van der Waals surface area contributed by atoms with Crippen molar-refractivity contribution in [2.24, 2.45) is 0 Å². The molecule has 4 aromatic rings. The summed E-state index contributed by atoms with van der Waals surface area (Å²) in [7, 11) is 3.23. The van der Waals surface area contributed by atoms with Crippen LogP contribution in [0.2, 0.25) is 0 Å². The quantitative estimate of drug-likeness (QED) is 0.378. The first-order valence-electron chi connectivity index (χ1n) is 11.6. The van der Waals surface area contributed by atoms with E-state index in [0.717, 1.165) is 24.2 Å². The van der Waals surface area contributed by atoms with E-state index in [4.69, 9.17) is 18.6 Å². The summed E-state index contributed by atoms with van der Waals surface area (Å²) in [4.78, 5) is 18.0. The number of anilines is 1. The highest BCUT2D eigenvalue weighted by Crippen LogP contribution is 2.32. The maximum absolute atomic E-state index is 13.8. The average molecular weight is 473 g/mol. The Bertz CT molecular complexity index is 1290. The van der Waals surface area contributed by atoms with Gasteiger partial charge in [-0.1, -0.05) is 18.2 Å². The Balaban J connectivity index is 1.39. The lowest BCUT2D eigenvalue weighted by atomic mass is 10.1. The van der Waals surface area contributed by atoms with Crippen LogP contribution in [0, 0.1) is 0 Å². The van der Waals surface area contributed by atoms with Crippen LogP contribution in [0.25, 0.3) is 11.0 Å². The van der Waals surface area contributed by atoms with Crippen molar-refractivity contribution < 1.29 is 23.4 Å². The van der Waals surface area contributed by atoms with E-state index in [0.29, 0.717) is 41.5 Å². The number of amides is 1. The number of rotatable bonds is 7. The SMILES string of the molecule is COc1ccc(OCc2oc3ccc(OC)cc3c2C(=O)N2CCN(c3ccccc3)CC2)cc1. The zero-order valence-corrected chi connectivity index (χ0v) is 19.9. The van der Waals surface area contributed by atoms with Crippen LogP contribution in [0.3, 0.4) is 0 Å². The van der Waals surface area contributed by atoms with E-state index in [9.17, 15) is 4.79 Å². The van der Waals surface area contributed by atoms with Gasteiger partial charge >= 0.3 is 0 Å². The Morgan fingerprint density at radius 2 is 1.49 bits per heavy atom. The van der Waals surface area contributed by atoms with Gasteiger partial charge in [-0.25, -0.2) is 0 Å². The summed E-state index contributed by atoms with van der Waals surface area (Å²) in [6.45, 7) is 2.93. The van der Waals surface area contributed by atoms with Crippen molar-refractivity contribution in [1.29, 1.82) is 0 Å². The van der Waals surface area contributed by atoms with Crippen LogP contribution in [-0.4, -0.2) is 51.2 Å². The molecule has 0 bridgehead atoms. The number of para-hydroxylation sites is 1. The fraction of sp³-hybridized carbons (Fsp3) is 0.250. The van der Waals surface area contributed by atoms with Gasteiger partial charge in [0.05, 0.1) is 19.8 Å². The Morgan fingerprint density at radius 3 is 2.17 bits per heavy atom. The first-order valence-corrected chi connectivity index (χ1v) is 11.6. The number of carbonyl (C=O) groups excluding carboxylic acids is 1. The maximum Gasteiger partial charge on any atom is 0.258 e. The predicted octanol–water partition coefficient (Wildman–Crippen LogP) is 4.99. The minimum Gasteiger partial charge on any atom is -0.497 e. The molecular formula is C28H28N2O5. The molecule has 0 unspecified atom stereocenters. The van der Waals surface area contributed by atoms with Crippen molar-refractivity contribution >= 4 is 22.6 Å². The molecule has 180 valence electrons. The topological polar surface area (TPSA) is 64.4 Å². The van der Waals surface area contributed by atoms with E-state index in [2.05, 4.69) is 17.0 Å². The summed E-state index contributed by atoms with van der Waals surface area (Å²) in [6, 6.07) is 23.1.